The zero-order chi connectivity index (χ0) is 13.1. The first-order valence-corrected chi connectivity index (χ1v) is 5.53. The van der Waals surface area contributed by atoms with Gasteiger partial charge in [-0.05, 0) is 31.2 Å². The van der Waals surface area contributed by atoms with Crippen LogP contribution in [0.4, 0.5) is 11.4 Å². The van der Waals surface area contributed by atoms with Crippen LogP contribution in [0.15, 0.2) is 42.5 Å². The number of anilines is 2. The van der Waals surface area contributed by atoms with E-state index in [9.17, 15) is 9.90 Å². The van der Waals surface area contributed by atoms with Gasteiger partial charge in [-0.1, -0.05) is 23.8 Å². The molecule has 4 nitrogen and oxygen atoms in total. The largest absolute Gasteiger partial charge is 0.506 e. The highest BCUT2D eigenvalue weighted by molar-refractivity contribution is 6.06. The van der Waals surface area contributed by atoms with Gasteiger partial charge < -0.3 is 16.2 Å². The molecule has 2 aromatic carbocycles. The maximum Gasteiger partial charge on any atom is 0.255 e. The van der Waals surface area contributed by atoms with E-state index in [1.54, 1.807) is 24.3 Å². The van der Waals surface area contributed by atoms with Crippen molar-refractivity contribution in [1.82, 2.24) is 0 Å². The fourth-order valence-electron chi connectivity index (χ4n) is 1.58. The molecule has 0 radical (unpaired) electrons. The molecule has 4 N–H and O–H groups in total. The zero-order valence-corrected chi connectivity index (χ0v) is 9.97. The van der Waals surface area contributed by atoms with Crippen molar-refractivity contribution >= 4 is 17.3 Å². The summed E-state index contributed by atoms with van der Waals surface area (Å²) in [6.07, 6.45) is 0. The first-order chi connectivity index (χ1) is 8.58. The van der Waals surface area contributed by atoms with E-state index in [2.05, 4.69) is 5.32 Å². The van der Waals surface area contributed by atoms with Crippen molar-refractivity contribution in [3.8, 4) is 5.75 Å². The number of rotatable bonds is 2. The fraction of sp³-hybridized carbons (Fsp3) is 0.0714. The van der Waals surface area contributed by atoms with Gasteiger partial charge in [0.2, 0.25) is 0 Å². The smallest absolute Gasteiger partial charge is 0.255 e. The molecule has 0 atom stereocenters. The van der Waals surface area contributed by atoms with E-state index in [1.807, 2.05) is 19.1 Å². The Labute approximate surface area is 105 Å². The Balaban J connectivity index is 2.24. The Morgan fingerprint density at radius 2 is 1.83 bits per heavy atom. The number of nitrogens with one attached hydrogen (secondary N) is 1. The predicted octanol–water partition coefficient (Wildman–Crippen LogP) is 2.54. The number of carbonyl (C=O) groups excluding carboxylic acids is 1. The van der Waals surface area contributed by atoms with E-state index in [0.29, 0.717) is 11.3 Å². The van der Waals surface area contributed by atoms with Gasteiger partial charge in [-0.15, -0.1) is 0 Å². The van der Waals surface area contributed by atoms with Crippen LogP contribution >= 0.6 is 0 Å². The summed E-state index contributed by atoms with van der Waals surface area (Å²) in [5.74, 6) is -0.348. The third-order valence-corrected chi connectivity index (χ3v) is 2.63. The number of phenolic OH excluding ortho intramolecular Hbond substituents is 1. The lowest BCUT2D eigenvalue weighted by molar-refractivity contribution is 0.102. The van der Waals surface area contributed by atoms with Gasteiger partial charge in [0.1, 0.15) is 11.4 Å². The Hall–Kier alpha value is -2.49. The van der Waals surface area contributed by atoms with Crippen LogP contribution in [0, 0.1) is 6.92 Å². The Kier molecular flexibility index (Phi) is 3.19. The number of hydrogen-bond donors (Lipinski definition) is 3. The van der Waals surface area contributed by atoms with E-state index in [0.717, 1.165) is 5.56 Å². The Morgan fingerprint density at radius 1 is 1.17 bits per heavy atom. The van der Waals surface area contributed by atoms with E-state index in [1.165, 1.54) is 6.07 Å². The van der Waals surface area contributed by atoms with Gasteiger partial charge in [0.15, 0.2) is 0 Å². The van der Waals surface area contributed by atoms with Crippen molar-refractivity contribution in [2.45, 2.75) is 6.92 Å². The SMILES string of the molecule is Cc1ccc(C(=O)Nc2c(N)cccc2O)cc1. The highest BCUT2D eigenvalue weighted by Crippen LogP contribution is 2.29. The summed E-state index contributed by atoms with van der Waals surface area (Å²) < 4.78 is 0. The van der Waals surface area contributed by atoms with Crippen LogP contribution in [0.1, 0.15) is 15.9 Å². The van der Waals surface area contributed by atoms with Crippen molar-refractivity contribution in [1.29, 1.82) is 0 Å². The maximum absolute atomic E-state index is 12.0. The molecule has 2 rings (SSSR count). The van der Waals surface area contributed by atoms with Crippen molar-refractivity contribution in [3.63, 3.8) is 0 Å². The van der Waals surface area contributed by atoms with Gasteiger partial charge in [0.25, 0.3) is 5.91 Å². The molecule has 0 aliphatic carbocycles. The lowest BCUT2D eigenvalue weighted by Crippen LogP contribution is -2.13. The molecule has 0 heterocycles. The molecule has 0 spiro atoms. The van der Waals surface area contributed by atoms with Gasteiger partial charge in [-0.2, -0.15) is 0 Å². The van der Waals surface area contributed by atoms with Crippen molar-refractivity contribution in [2.75, 3.05) is 11.1 Å². The van der Waals surface area contributed by atoms with Gasteiger partial charge >= 0.3 is 0 Å². The van der Waals surface area contributed by atoms with Crippen LogP contribution in [-0.2, 0) is 0 Å². The lowest BCUT2D eigenvalue weighted by atomic mass is 10.1. The number of aromatic hydroxyl groups is 1. The molecule has 1 amide bonds. The van der Waals surface area contributed by atoms with Crippen LogP contribution < -0.4 is 11.1 Å². The second-order valence-electron chi connectivity index (χ2n) is 4.06. The number of phenols is 1. The van der Waals surface area contributed by atoms with Crippen molar-refractivity contribution in [2.24, 2.45) is 0 Å². The minimum absolute atomic E-state index is 0.0459. The number of aryl methyl sites for hydroxylation is 1. The third kappa shape index (κ3) is 2.43. The number of amides is 1. The molecule has 0 aliphatic rings. The van der Waals surface area contributed by atoms with E-state index in [4.69, 9.17) is 5.73 Å². The molecule has 2 aromatic rings. The van der Waals surface area contributed by atoms with Crippen molar-refractivity contribution in [3.05, 3.63) is 53.6 Å². The molecule has 0 saturated heterocycles. The summed E-state index contributed by atoms with van der Waals surface area (Å²) in [4.78, 5) is 12.0. The molecule has 0 saturated carbocycles. The molecule has 0 aliphatic heterocycles. The topological polar surface area (TPSA) is 75.4 Å². The molecule has 0 aromatic heterocycles. The van der Waals surface area contributed by atoms with Gasteiger partial charge in [0.05, 0.1) is 5.69 Å². The van der Waals surface area contributed by atoms with E-state index < -0.39 is 0 Å². The van der Waals surface area contributed by atoms with Crippen LogP contribution in [0.5, 0.6) is 5.75 Å². The van der Waals surface area contributed by atoms with Gasteiger partial charge in [-0.3, -0.25) is 4.79 Å². The summed E-state index contributed by atoms with van der Waals surface area (Å²) in [6, 6.07) is 11.9. The normalized spacial score (nSPS) is 10.1. The molecular formula is C14H14N2O2. The monoisotopic (exact) mass is 242 g/mol. The number of hydrogen-bond acceptors (Lipinski definition) is 3. The number of nitrogens with two attached hydrogens (primary N) is 1. The average Bonchev–Trinajstić information content (AvgIpc) is 2.34. The van der Waals surface area contributed by atoms with E-state index in [-0.39, 0.29) is 17.3 Å². The summed E-state index contributed by atoms with van der Waals surface area (Å²) in [5.41, 5.74) is 7.86. The van der Waals surface area contributed by atoms with E-state index >= 15 is 0 Å². The lowest BCUT2D eigenvalue weighted by Gasteiger charge is -2.10. The minimum atomic E-state index is -0.303. The first kappa shape index (κ1) is 12.0. The fourth-order valence-corrected chi connectivity index (χ4v) is 1.58. The Bertz CT molecular complexity index is 557. The van der Waals surface area contributed by atoms with Crippen LogP contribution in [0.25, 0.3) is 0 Å². The molecule has 0 fully saturated rings. The standard InChI is InChI=1S/C14H14N2O2/c1-9-5-7-10(8-6-9)14(18)16-13-11(15)3-2-4-12(13)17/h2-8,17H,15H2,1H3,(H,16,18). The molecule has 0 unspecified atom stereocenters. The minimum Gasteiger partial charge on any atom is -0.506 e. The van der Waals surface area contributed by atoms with Crippen LogP contribution in [0.3, 0.4) is 0 Å². The number of carbonyl (C=O) groups is 1. The molecule has 0 bridgehead atoms. The summed E-state index contributed by atoms with van der Waals surface area (Å²) in [7, 11) is 0. The number of benzene rings is 2. The molecule has 4 heteroatoms. The molecule has 92 valence electrons. The predicted molar refractivity (Wildman–Crippen MR) is 71.7 cm³/mol. The average molecular weight is 242 g/mol. The summed E-state index contributed by atoms with van der Waals surface area (Å²) in [6.45, 7) is 1.95. The quantitative estimate of drug-likeness (QED) is 0.559. The van der Waals surface area contributed by atoms with Crippen molar-refractivity contribution < 1.29 is 9.90 Å². The molecular weight excluding hydrogens is 228 g/mol. The highest BCUT2D eigenvalue weighted by atomic mass is 16.3. The second-order valence-corrected chi connectivity index (χ2v) is 4.06. The van der Waals surface area contributed by atoms with Crippen LogP contribution in [0.2, 0.25) is 0 Å². The van der Waals surface area contributed by atoms with Gasteiger partial charge in [0, 0.05) is 5.56 Å². The highest BCUT2D eigenvalue weighted by Gasteiger charge is 2.10. The second kappa shape index (κ2) is 4.79. The first-order valence-electron chi connectivity index (χ1n) is 5.53. The summed E-state index contributed by atoms with van der Waals surface area (Å²) in [5, 5.41) is 12.2. The van der Waals surface area contributed by atoms with Gasteiger partial charge in [-0.25, -0.2) is 0 Å². The van der Waals surface area contributed by atoms with Crippen LogP contribution in [-0.4, -0.2) is 11.0 Å². The summed E-state index contributed by atoms with van der Waals surface area (Å²) >= 11 is 0. The third-order valence-electron chi connectivity index (χ3n) is 2.63. The number of nitrogen functional groups attached to an aromatic ring is 1. The molecule has 18 heavy (non-hydrogen) atoms. The zero-order valence-electron chi connectivity index (χ0n) is 9.97. The maximum atomic E-state index is 12.0. The number of para-hydroxylation sites is 1. The Morgan fingerprint density at radius 3 is 2.44 bits per heavy atom.